The molecule has 2 aromatic heterocycles. The lowest BCUT2D eigenvalue weighted by molar-refractivity contribution is 0.0939. The van der Waals surface area contributed by atoms with Crippen molar-refractivity contribution >= 4 is 17.8 Å². The first kappa shape index (κ1) is 18.2. The molecule has 0 aliphatic heterocycles. The van der Waals surface area contributed by atoms with Crippen LogP contribution < -0.4 is 14.8 Å². The highest BCUT2D eigenvalue weighted by Gasteiger charge is 2.17. The summed E-state index contributed by atoms with van der Waals surface area (Å²) < 4.78 is 17.4. The number of aryl methyl sites for hydroxylation is 1. The van der Waals surface area contributed by atoms with Crippen molar-refractivity contribution in [3.63, 3.8) is 0 Å². The third-order valence-corrected chi connectivity index (χ3v) is 3.91. The van der Waals surface area contributed by atoms with Crippen molar-refractivity contribution in [2.45, 2.75) is 6.54 Å². The Labute approximate surface area is 156 Å². The molecule has 8 nitrogen and oxygen atoms in total. The Kier molecular flexibility index (Phi) is 5.55. The summed E-state index contributed by atoms with van der Waals surface area (Å²) in [6.45, 7) is 0.282. The number of aliphatic imine (C=N–C) groups is 1. The molecule has 0 radical (unpaired) electrons. The molecule has 0 bridgehead atoms. The predicted molar refractivity (Wildman–Crippen MR) is 99.9 cm³/mol. The zero-order valence-electron chi connectivity index (χ0n) is 15.3. The highest BCUT2D eigenvalue weighted by Crippen LogP contribution is 2.30. The van der Waals surface area contributed by atoms with E-state index in [4.69, 9.17) is 13.9 Å². The Hall–Kier alpha value is -3.55. The minimum absolute atomic E-state index is 0.282. The lowest BCUT2D eigenvalue weighted by Crippen LogP contribution is -2.25. The summed E-state index contributed by atoms with van der Waals surface area (Å²) in [4.78, 5) is 17.0. The molecule has 27 heavy (non-hydrogen) atoms. The number of hydrogen-bond acceptors (Lipinski definition) is 6. The van der Waals surface area contributed by atoms with Gasteiger partial charge in [0.05, 0.1) is 33.2 Å². The van der Waals surface area contributed by atoms with Crippen molar-refractivity contribution in [3.8, 4) is 11.5 Å². The zero-order valence-corrected chi connectivity index (χ0v) is 15.3. The van der Waals surface area contributed by atoms with E-state index in [1.54, 1.807) is 51.9 Å². The number of nitrogens with one attached hydrogen (secondary N) is 1. The van der Waals surface area contributed by atoms with Crippen LogP contribution in [0.4, 0.5) is 5.69 Å². The van der Waals surface area contributed by atoms with Crippen LogP contribution >= 0.6 is 0 Å². The number of rotatable bonds is 7. The molecule has 140 valence electrons. The number of carbonyl (C=O) groups is 1. The number of hydrogen-bond donors (Lipinski definition) is 1. The summed E-state index contributed by atoms with van der Waals surface area (Å²) in [7, 11) is 4.82. The number of carbonyl (C=O) groups excluding carboxylic acids is 1. The molecule has 0 unspecified atom stereocenters. The summed E-state index contributed by atoms with van der Waals surface area (Å²) in [5, 5.41) is 6.93. The Bertz CT molecular complexity index is 945. The maximum Gasteiger partial charge on any atom is 0.272 e. The van der Waals surface area contributed by atoms with Crippen LogP contribution in [0.2, 0.25) is 0 Å². The maximum atomic E-state index is 12.5. The summed E-state index contributed by atoms with van der Waals surface area (Å²) in [5.41, 5.74) is 1.52. The average Bonchev–Trinajstić information content (AvgIpc) is 3.33. The summed E-state index contributed by atoms with van der Waals surface area (Å²) in [6, 6.07) is 9.04. The summed E-state index contributed by atoms with van der Waals surface area (Å²) >= 11 is 0. The van der Waals surface area contributed by atoms with Gasteiger partial charge in [0.2, 0.25) is 0 Å². The number of para-hydroxylation sites is 1. The van der Waals surface area contributed by atoms with Crippen LogP contribution in [0.3, 0.4) is 0 Å². The second-order valence-corrected chi connectivity index (χ2v) is 5.61. The fourth-order valence-corrected chi connectivity index (χ4v) is 2.60. The molecule has 0 fully saturated rings. The second-order valence-electron chi connectivity index (χ2n) is 5.61. The summed E-state index contributed by atoms with van der Waals surface area (Å²) in [5.74, 6) is 1.54. The van der Waals surface area contributed by atoms with Crippen molar-refractivity contribution in [3.05, 3.63) is 59.8 Å². The van der Waals surface area contributed by atoms with Crippen LogP contribution in [0.25, 0.3) is 0 Å². The molecule has 0 spiro atoms. The van der Waals surface area contributed by atoms with Crippen molar-refractivity contribution in [2.24, 2.45) is 12.0 Å². The molecule has 3 rings (SSSR count). The number of furan rings is 1. The first-order chi connectivity index (χ1) is 13.1. The van der Waals surface area contributed by atoms with Crippen molar-refractivity contribution in [2.75, 3.05) is 14.2 Å². The molecule has 3 aromatic rings. The number of ether oxygens (including phenoxy) is 2. The fraction of sp³-hybridized carbons (Fsp3) is 0.211. The monoisotopic (exact) mass is 368 g/mol. The average molecular weight is 368 g/mol. The molecule has 0 aliphatic carbocycles. The highest BCUT2D eigenvalue weighted by atomic mass is 16.5. The van der Waals surface area contributed by atoms with Crippen LogP contribution in [-0.4, -0.2) is 36.1 Å². The molecule has 0 aliphatic rings. The molecule has 1 amide bonds. The van der Waals surface area contributed by atoms with Crippen LogP contribution in [0.1, 0.15) is 21.8 Å². The number of aromatic nitrogens is 2. The van der Waals surface area contributed by atoms with Gasteiger partial charge in [-0.25, -0.2) is 0 Å². The molecule has 2 heterocycles. The van der Waals surface area contributed by atoms with Gasteiger partial charge in [-0.3, -0.25) is 14.5 Å². The van der Waals surface area contributed by atoms with E-state index in [9.17, 15) is 4.79 Å². The van der Waals surface area contributed by atoms with E-state index in [0.29, 0.717) is 28.6 Å². The van der Waals surface area contributed by atoms with Crippen LogP contribution in [-0.2, 0) is 13.6 Å². The van der Waals surface area contributed by atoms with E-state index in [0.717, 1.165) is 5.56 Å². The van der Waals surface area contributed by atoms with Gasteiger partial charge < -0.3 is 19.2 Å². The van der Waals surface area contributed by atoms with E-state index in [1.165, 1.54) is 10.9 Å². The molecular weight excluding hydrogens is 348 g/mol. The van der Waals surface area contributed by atoms with E-state index < -0.39 is 0 Å². The lowest BCUT2D eigenvalue weighted by atomic mass is 10.2. The van der Waals surface area contributed by atoms with Crippen molar-refractivity contribution in [1.82, 2.24) is 15.1 Å². The van der Waals surface area contributed by atoms with Gasteiger partial charge in [0.25, 0.3) is 5.91 Å². The molecule has 8 heteroatoms. The third-order valence-electron chi connectivity index (χ3n) is 3.91. The number of nitrogens with zero attached hydrogens (tertiary/aromatic N) is 3. The number of amides is 1. The Morgan fingerprint density at radius 3 is 2.85 bits per heavy atom. The lowest BCUT2D eigenvalue weighted by Gasteiger charge is -2.09. The number of methoxy groups -OCH3 is 2. The molecule has 1 N–H and O–H groups in total. The standard InChI is InChI=1S/C19H20N4O4/c1-23-17(19(24)21-11-14-7-5-9-27-14)15(12-22-23)20-10-13-6-4-8-16(25-2)18(13)26-3/h4-10,12H,11H2,1-3H3,(H,21,24). The molecule has 0 atom stereocenters. The van der Waals surface area contributed by atoms with E-state index in [2.05, 4.69) is 15.4 Å². The van der Waals surface area contributed by atoms with Gasteiger partial charge in [0.15, 0.2) is 17.2 Å². The van der Waals surface area contributed by atoms with Gasteiger partial charge in [0.1, 0.15) is 11.4 Å². The zero-order chi connectivity index (χ0) is 19.2. The molecule has 0 saturated carbocycles. The van der Waals surface area contributed by atoms with Gasteiger partial charge in [-0.05, 0) is 24.3 Å². The van der Waals surface area contributed by atoms with Gasteiger partial charge in [0, 0.05) is 18.8 Å². The van der Waals surface area contributed by atoms with Crippen molar-refractivity contribution in [1.29, 1.82) is 0 Å². The van der Waals surface area contributed by atoms with Gasteiger partial charge in [-0.15, -0.1) is 0 Å². The van der Waals surface area contributed by atoms with Gasteiger partial charge in [-0.1, -0.05) is 6.07 Å². The van der Waals surface area contributed by atoms with E-state index in [-0.39, 0.29) is 12.5 Å². The molecule has 1 aromatic carbocycles. The quantitative estimate of drug-likeness (QED) is 0.648. The number of benzene rings is 1. The largest absolute Gasteiger partial charge is 0.493 e. The topological polar surface area (TPSA) is 90.9 Å². The first-order valence-corrected chi connectivity index (χ1v) is 8.21. The Morgan fingerprint density at radius 2 is 2.15 bits per heavy atom. The minimum Gasteiger partial charge on any atom is -0.493 e. The van der Waals surface area contributed by atoms with E-state index in [1.807, 2.05) is 12.1 Å². The second kappa shape index (κ2) is 8.22. The first-order valence-electron chi connectivity index (χ1n) is 8.21. The van der Waals surface area contributed by atoms with Crippen LogP contribution in [0, 0.1) is 0 Å². The molecular formula is C19H20N4O4. The third kappa shape index (κ3) is 4.00. The summed E-state index contributed by atoms with van der Waals surface area (Å²) in [6.07, 6.45) is 4.70. The van der Waals surface area contributed by atoms with Gasteiger partial charge >= 0.3 is 0 Å². The van der Waals surface area contributed by atoms with Crippen molar-refractivity contribution < 1.29 is 18.7 Å². The maximum absolute atomic E-state index is 12.5. The Balaban J connectivity index is 1.82. The molecule has 0 saturated heterocycles. The smallest absolute Gasteiger partial charge is 0.272 e. The fourth-order valence-electron chi connectivity index (χ4n) is 2.60. The predicted octanol–water partition coefficient (Wildman–Crippen LogP) is 2.71. The Morgan fingerprint density at radius 1 is 1.30 bits per heavy atom. The SMILES string of the molecule is COc1cccc(C=Nc2cnn(C)c2C(=O)NCc2ccco2)c1OC. The normalized spacial score (nSPS) is 10.9. The van der Waals surface area contributed by atoms with Crippen LogP contribution in [0.15, 0.2) is 52.2 Å². The van der Waals surface area contributed by atoms with Crippen LogP contribution in [0.5, 0.6) is 11.5 Å². The minimum atomic E-state index is -0.295. The van der Waals surface area contributed by atoms with Gasteiger partial charge in [-0.2, -0.15) is 5.10 Å². The highest BCUT2D eigenvalue weighted by molar-refractivity contribution is 5.98. The van der Waals surface area contributed by atoms with E-state index >= 15 is 0 Å².